The zero-order chi connectivity index (χ0) is 16.5. The van der Waals surface area contributed by atoms with Gasteiger partial charge in [-0.3, -0.25) is 4.79 Å². The van der Waals surface area contributed by atoms with Crippen LogP contribution >= 0.6 is 40.7 Å². The smallest absolute Gasteiger partial charge is 0.222 e. The first-order valence-corrected chi connectivity index (χ1v) is 9.87. The van der Waals surface area contributed by atoms with Crippen molar-refractivity contribution in [1.29, 1.82) is 0 Å². The van der Waals surface area contributed by atoms with Gasteiger partial charge in [-0.1, -0.05) is 0 Å². The molecule has 1 aromatic rings. The third-order valence-electron chi connectivity index (χ3n) is 5.70. The Bertz CT molecular complexity index is 583. The topological polar surface area (TPSA) is 48.5 Å². The van der Waals surface area contributed by atoms with Crippen molar-refractivity contribution in [2.24, 2.45) is 5.92 Å². The van der Waals surface area contributed by atoms with Crippen molar-refractivity contribution in [3.8, 4) is 0 Å². The van der Waals surface area contributed by atoms with Gasteiger partial charge in [-0.25, -0.2) is 4.98 Å². The summed E-state index contributed by atoms with van der Waals surface area (Å²) in [6, 6.07) is 5.39. The number of nitrogens with zero attached hydrogens (tertiary/aromatic N) is 3. The number of aromatic nitrogens is 1. The van der Waals surface area contributed by atoms with E-state index in [-0.39, 0.29) is 24.8 Å². The Balaban J connectivity index is 0.00000121. The normalized spacial score (nSPS) is 27.5. The molecule has 26 heavy (non-hydrogen) atoms. The van der Waals surface area contributed by atoms with Crippen LogP contribution in [-0.2, 0) is 4.79 Å². The minimum absolute atomic E-state index is 0. The molecule has 3 fully saturated rings. The number of rotatable bonds is 3. The van der Waals surface area contributed by atoms with Crippen molar-refractivity contribution in [3.63, 3.8) is 0 Å². The van der Waals surface area contributed by atoms with E-state index in [0.717, 1.165) is 42.9 Å². The van der Waals surface area contributed by atoms with Crippen molar-refractivity contribution in [1.82, 2.24) is 15.2 Å². The van der Waals surface area contributed by atoms with Gasteiger partial charge in [-0.05, 0) is 59.7 Å². The van der Waals surface area contributed by atoms with Crippen LogP contribution in [0.25, 0.3) is 0 Å². The second-order valence-electron chi connectivity index (χ2n) is 7.38. The van der Waals surface area contributed by atoms with Gasteiger partial charge in [0.25, 0.3) is 0 Å². The van der Waals surface area contributed by atoms with Gasteiger partial charge in [0.2, 0.25) is 5.91 Å². The van der Waals surface area contributed by atoms with Gasteiger partial charge in [-0.15, -0.1) is 24.8 Å². The van der Waals surface area contributed by atoms with Crippen molar-refractivity contribution in [3.05, 3.63) is 22.8 Å². The predicted octanol–water partition coefficient (Wildman–Crippen LogP) is 3.26. The number of carbonyl (C=O) groups is 1. The molecule has 146 valence electrons. The number of carbonyl (C=O) groups excluding carboxylic acids is 1. The Labute approximate surface area is 176 Å². The second-order valence-corrected chi connectivity index (χ2v) is 8.30. The fourth-order valence-corrected chi connectivity index (χ4v) is 4.69. The van der Waals surface area contributed by atoms with Crippen LogP contribution in [0.15, 0.2) is 22.8 Å². The van der Waals surface area contributed by atoms with Crippen LogP contribution in [0, 0.1) is 5.92 Å². The zero-order valence-electron chi connectivity index (χ0n) is 14.8. The quantitative estimate of drug-likeness (QED) is 0.744. The van der Waals surface area contributed by atoms with Crippen molar-refractivity contribution in [2.45, 2.75) is 44.2 Å². The molecule has 4 heterocycles. The third kappa shape index (κ3) is 5.03. The number of halogens is 3. The Hall–Kier alpha value is -0.560. The highest BCUT2D eigenvalue weighted by Gasteiger charge is 2.35. The first-order valence-electron chi connectivity index (χ1n) is 9.08. The molecule has 0 aromatic carbocycles. The maximum absolute atomic E-state index is 12.7. The molecule has 2 unspecified atom stereocenters. The monoisotopic (exact) mass is 464 g/mol. The lowest BCUT2D eigenvalue weighted by Gasteiger charge is -2.37. The van der Waals surface area contributed by atoms with E-state index in [1.807, 2.05) is 18.3 Å². The average molecular weight is 466 g/mol. The van der Waals surface area contributed by atoms with E-state index >= 15 is 0 Å². The predicted molar refractivity (Wildman–Crippen MR) is 113 cm³/mol. The molecule has 1 aromatic heterocycles. The van der Waals surface area contributed by atoms with Gasteiger partial charge in [0, 0.05) is 55.4 Å². The highest BCUT2D eigenvalue weighted by Crippen LogP contribution is 2.33. The minimum atomic E-state index is 0. The van der Waals surface area contributed by atoms with Crippen LogP contribution in [0.5, 0.6) is 0 Å². The summed E-state index contributed by atoms with van der Waals surface area (Å²) >= 11 is 3.42. The summed E-state index contributed by atoms with van der Waals surface area (Å²) in [5.41, 5.74) is 0. The molecular weight excluding hydrogens is 439 g/mol. The summed E-state index contributed by atoms with van der Waals surface area (Å²) in [5.74, 6) is 1.94. The highest BCUT2D eigenvalue weighted by atomic mass is 79.9. The summed E-state index contributed by atoms with van der Waals surface area (Å²) in [6.07, 6.45) is 7.54. The summed E-state index contributed by atoms with van der Waals surface area (Å²) in [7, 11) is 0. The Morgan fingerprint density at radius 1 is 1.12 bits per heavy atom. The van der Waals surface area contributed by atoms with Crippen LogP contribution < -0.4 is 10.2 Å². The molecule has 8 heteroatoms. The average Bonchev–Trinajstić information content (AvgIpc) is 2.94. The minimum Gasteiger partial charge on any atom is -0.353 e. The maximum atomic E-state index is 12.7. The summed E-state index contributed by atoms with van der Waals surface area (Å²) < 4.78 is 0.996. The van der Waals surface area contributed by atoms with Crippen LogP contribution in [0.3, 0.4) is 0 Å². The number of piperazine rings is 1. The van der Waals surface area contributed by atoms with Gasteiger partial charge in [-0.2, -0.15) is 0 Å². The van der Waals surface area contributed by atoms with Crippen molar-refractivity contribution >= 4 is 52.5 Å². The Morgan fingerprint density at radius 3 is 2.35 bits per heavy atom. The lowest BCUT2D eigenvalue weighted by atomic mass is 9.89. The van der Waals surface area contributed by atoms with Gasteiger partial charge in [0.1, 0.15) is 5.82 Å². The van der Waals surface area contributed by atoms with Crippen LogP contribution in [-0.4, -0.2) is 54.1 Å². The number of nitrogens with one attached hydrogen (secondary N) is 1. The second kappa shape index (κ2) is 9.58. The largest absolute Gasteiger partial charge is 0.353 e. The van der Waals surface area contributed by atoms with Gasteiger partial charge in [0.05, 0.1) is 0 Å². The molecule has 0 radical (unpaired) electrons. The fourth-order valence-electron chi connectivity index (χ4n) is 4.46. The van der Waals surface area contributed by atoms with Crippen LogP contribution in [0.4, 0.5) is 5.82 Å². The lowest BCUT2D eigenvalue weighted by molar-refractivity contribution is -0.132. The van der Waals surface area contributed by atoms with Gasteiger partial charge >= 0.3 is 0 Å². The molecule has 3 aliphatic heterocycles. The molecule has 2 atom stereocenters. The third-order valence-corrected chi connectivity index (χ3v) is 6.17. The van der Waals surface area contributed by atoms with Gasteiger partial charge in [0.15, 0.2) is 0 Å². The fraction of sp³-hybridized carbons (Fsp3) is 0.667. The molecular formula is C18H27BrCl2N4O. The van der Waals surface area contributed by atoms with Gasteiger partial charge < -0.3 is 15.1 Å². The summed E-state index contributed by atoms with van der Waals surface area (Å²) in [4.78, 5) is 21.4. The number of pyridine rings is 1. The number of hydrogen-bond donors (Lipinski definition) is 1. The SMILES string of the molecule is Cl.Cl.O=C(CC1CC2CCC(C1)N2)N1CCN(c2ccc(Br)cn2)CC1. The number of piperidine rings is 1. The first kappa shape index (κ1) is 21.7. The molecule has 0 aliphatic carbocycles. The van der Waals surface area contributed by atoms with E-state index in [1.165, 1.54) is 25.7 Å². The van der Waals surface area contributed by atoms with E-state index in [4.69, 9.17) is 0 Å². The summed E-state index contributed by atoms with van der Waals surface area (Å²) in [6.45, 7) is 3.37. The number of fused-ring (bicyclic) bond motifs is 2. The molecule has 0 spiro atoms. The molecule has 1 amide bonds. The molecule has 1 N–H and O–H groups in total. The lowest BCUT2D eigenvalue weighted by Crippen LogP contribution is -2.49. The number of amides is 1. The molecule has 0 saturated carbocycles. The van der Waals surface area contributed by atoms with Crippen molar-refractivity contribution < 1.29 is 4.79 Å². The summed E-state index contributed by atoms with van der Waals surface area (Å²) in [5, 5.41) is 3.66. The standard InChI is InChI=1S/C18H25BrN4O.2ClH/c19-14-1-4-17(20-12-14)22-5-7-23(8-6-22)18(24)11-13-9-15-2-3-16(10-13)21-15;;/h1,4,12-13,15-16,21H,2-3,5-11H2;2*1H. The van der Waals surface area contributed by atoms with E-state index in [2.05, 4.69) is 36.0 Å². The number of hydrogen-bond acceptors (Lipinski definition) is 4. The first-order chi connectivity index (χ1) is 11.7. The van der Waals surface area contributed by atoms with Crippen LogP contribution in [0.1, 0.15) is 32.1 Å². The van der Waals surface area contributed by atoms with E-state index < -0.39 is 0 Å². The molecule has 4 rings (SSSR count). The molecule has 2 bridgehead atoms. The zero-order valence-corrected chi connectivity index (χ0v) is 18.0. The Kier molecular flexibility index (Phi) is 8.01. The van der Waals surface area contributed by atoms with Crippen LogP contribution in [0.2, 0.25) is 0 Å². The van der Waals surface area contributed by atoms with E-state index in [1.54, 1.807) is 0 Å². The van der Waals surface area contributed by atoms with E-state index in [0.29, 0.717) is 23.9 Å². The maximum Gasteiger partial charge on any atom is 0.222 e. The molecule has 3 saturated heterocycles. The highest BCUT2D eigenvalue weighted by molar-refractivity contribution is 9.10. The van der Waals surface area contributed by atoms with E-state index in [9.17, 15) is 4.79 Å². The molecule has 3 aliphatic rings. The Morgan fingerprint density at radius 2 is 1.77 bits per heavy atom. The van der Waals surface area contributed by atoms with Crippen molar-refractivity contribution in [2.75, 3.05) is 31.1 Å². The number of anilines is 1. The molecule has 5 nitrogen and oxygen atoms in total.